The highest BCUT2D eigenvalue weighted by molar-refractivity contribution is 6.16. The highest BCUT2D eigenvalue weighted by Crippen LogP contribution is 2.45. The molecule has 0 radical (unpaired) electrons. The van der Waals surface area contributed by atoms with Crippen LogP contribution in [0.25, 0.3) is 111 Å². The van der Waals surface area contributed by atoms with Gasteiger partial charge in [0.2, 0.25) is 0 Å². The molecule has 0 spiro atoms. The van der Waals surface area contributed by atoms with Crippen LogP contribution < -0.4 is 4.74 Å². The zero-order chi connectivity index (χ0) is 51.9. The Morgan fingerprint density at radius 1 is 0.421 bits per heavy atom. The Kier molecular flexibility index (Phi) is 11.5. The van der Waals surface area contributed by atoms with Gasteiger partial charge in [0.15, 0.2) is 5.58 Å². The topological polar surface area (TPSA) is 57.5 Å². The van der Waals surface area contributed by atoms with Gasteiger partial charge in [-0.05, 0) is 164 Å². The van der Waals surface area contributed by atoms with Crippen molar-refractivity contribution in [3.8, 4) is 62.0 Å². The highest BCUT2D eigenvalue weighted by atomic mass is 16.5. The standard InChI is InChI=1S/C70H60N4O2/c1-41(2)56-35-50(45-18-11-9-12-19-45)36-57(42(3)4)65(56)48-26-29-55-54-30-28-53(40-60(54)70-72-66-63(73(70)64(55)39-48)31-27-47-32-33-75-68(47)66)76-52-23-17-22-49(34-52)69-71-61-24-15-16-25-62(61)74(69)67-58(43(5)6)37-51(38-59(67)44(7)8)46-20-13-10-14-21-46/h9-44H,1-8H3. The minimum atomic E-state index is 0.254. The van der Waals surface area contributed by atoms with E-state index in [4.69, 9.17) is 19.1 Å². The molecule has 4 aromatic heterocycles. The first-order valence-electron chi connectivity index (χ1n) is 26.9. The maximum absolute atomic E-state index is 6.95. The third kappa shape index (κ3) is 7.85. The summed E-state index contributed by atoms with van der Waals surface area (Å²) in [6.45, 7) is 18.4. The number of pyridine rings is 1. The van der Waals surface area contributed by atoms with Crippen molar-refractivity contribution in [2.75, 3.05) is 0 Å². The predicted molar refractivity (Wildman–Crippen MR) is 317 cm³/mol. The van der Waals surface area contributed by atoms with Gasteiger partial charge in [-0.1, -0.05) is 165 Å². The van der Waals surface area contributed by atoms with E-state index < -0.39 is 0 Å². The van der Waals surface area contributed by atoms with Gasteiger partial charge in [-0.15, -0.1) is 0 Å². The molecule has 0 saturated heterocycles. The Balaban J connectivity index is 0.960. The van der Waals surface area contributed by atoms with Gasteiger partial charge in [0.05, 0.1) is 34.0 Å². The van der Waals surface area contributed by atoms with Crippen LogP contribution in [0.1, 0.15) is 101 Å². The molecule has 0 bridgehead atoms. The maximum Gasteiger partial charge on any atom is 0.161 e. The van der Waals surface area contributed by atoms with Crippen LogP contribution in [0.3, 0.4) is 0 Å². The molecule has 0 aliphatic rings. The van der Waals surface area contributed by atoms with Crippen molar-refractivity contribution in [2.24, 2.45) is 0 Å². The number of hydrogen-bond donors (Lipinski definition) is 0. The minimum absolute atomic E-state index is 0.254. The van der Waals surface area contributed by atoms with Crippen LogP contribution in [0.4, 0.5) is 0 Å². The van der Waals surface area contributed by atoms with Crippen molar-refractivity contribution < 1.29 is 9.15 Å². The Hall–Kier alpha value is -8.74. The quantitative estimate of drug-likeness (QED) is 0.121. The van der Waals surface area contributed by atoms with E-state index in [1.807, 2.05) is 12.1 Å². The van der Waals surface area contributed by atoms with Crippen molar-refractivity contribution in [1.29, 1.82) is 0 Å². The average molecular weight is 989 g/mol. The zero-order valence-electron chi connectivity index (χ0n) is 44.4. The second kappa shape index (κ2) is 18.6. The Labute approximate surface area is 443 Å². The van der Waals surface area contributed by atoms with Crippen molar-refractivity contribution in [3.05, 3.63) is 217 Å². The third-order valence-electron chi connectivity index (χ3n) is 15.5. The van der Waals surface area contributed by atoms with Gasteiger partial charge in [0.1, 0.15) is 28.5 Å². The van der Waals surface area contributed by atoms with E-state index in [0.29, 0.717) is 17.6 Å². The summed E-state index contributed by atoms with van der Waals surface area (Å²) in [5, 5.41) is 4.25. The van der Waals surface area contributed by atoms with Gasteiger partial charge in [0, 0.05) is 21.7 Å². The van der Waals surface area contributed by atoms with Crippen LogP contribution in [0, 0.1) is 0 Å². The number of aromatic nitrogens is 4. The Bertz CT molecular complexity index is 4320. The van der Waals surface area contributed by atoms with Gasteiger partial charge in [-0.3, -0.25) is 8.97 Å². The van der Waals surface area contributed by atoms with E-state index in [1.165, 1.54) is 61.3 Å². The van der Waals surface area contributed by atoms with Crippen LogP contribution in [0.15, 0.2) is 199 Å². The number of nitrogens with zero attached hydrogens (tertiary/aromatic N) is 4. The first-order valence-corrected chi connectivity index (χ1v) is 26.9. The number of rotatable bonds is 11. The first kappa shape index (κ1) is 47.0. The van der Waals surface area contributed by atoms with Crippen LogP contribution in [-0.2, 0) is 0 Å². The molecule has 0 unspecified atom stereocenters. The van der Waals surface area contributed by atoms with E-state index in [-0.39, 0.29) is 11.8 Å². The van der Waals surface area contributed by atoms with E-state index in [9.17, 15) is 0 Å². The molecule has 4 heterocycles. The summed E-state index contributed by atoms with van der Waals surface area (Å²) in [7, 11) is 0. The van der Waals surface area contributed by atoms with Gasteiger partial charge in [-0.2, -0.15) is 0 Å². The lowest BCUT2D eigenvalue weighted by atomic mass is 9.82. The SMILES string of the molecule is CC(C)c1cc(-c2ccccc2)cc(C(C)C)c1-c1ccc2c3ccc(Oc4cccc(-c5nc6ccccc6n5-c5c(C(C)C)cc(-c6ccccc6)cc5C(C)C)c4)cc3c3nc4c5occc5ccc4n3c2c1. The number of ether oxygens (including phenoxy) is 1. The molecule has 0 saturated carbocycles. The molecule has 13 rings (SSSR count). The number of imidazole rings is 2. The van der Waals surface area contributed by atoms with Crippen molar-refractivity contribution in [3.63, 3.8) is 0 Å². The van der Waals surface area contributed by atoms with E-state index in [2.05, 4.69) is 240 Å². The second-order valence-electron chi connectivity index (χ2n) is 21.8. The molecule has 6 nitrogen and oxygen atoms in total. The van der Waals surface area contributed by atoms with Gasteiger partial charge in [-0.25, -0.2) is 9.97 Å². The van der Waals surface area contributed by atoms with Crippen molar-refractivity contribution in [2.45, 2.75) is 79.1 Å². The first-order chi connectivity index (χ1) is 37.0. The summed E-state index contributed by atoms with van der Waals surface area (Å²) < 4.78 is 17.8. The third-order valence-corrected chi connectivity index (χ3v) is 15.5. The molecule has 0 aliphatic carbocycles. The molecule has 372 valence electrons. The molecule has 0 amide bonds. The second-order valence-corrected chi connectivity index (χ2v) is 21.8. The van der Waals surface area contributed by atoms with Crippen LogP contribution >= 0.6 is 0 Å². The van der Waals surface area contributed by atoms with Gasteiger partial charge >= 0.3 is 0 Å². The summed E-state index contributed by atoms with van der Waals surface area (Å²) in [6, 6.07) is 67.7. The zero-order valence-corrected chi connectivity index (χ0v) is 44.4. The van der Waals surface area contributed by atoms with Gasteiger partial charge in [0.25, 0.3) is 0 Å². The van der Waals surface area contributed by atoms with Crippen LogP contribution in [0.2, 0.25) is 0 Å². The molecule has 0 fully saturated rings. The fourth-order valence-electron chi connectivity index (χ4n) is 11.7. The molecule has 13 aromatic rings. The molecule has 9 aromatic carbocycles. The van der Waals surface area contributed by atoms with Crippen molar-refractivity contribution >= 4 is 60.4 Å². The highest BCUT2D eigenvalue weighted by Gasteiger charge is 2.26. The molecule has 0 aliphatic heterocycles. The Morgan fingerprint density at radius 2 is 1.03 bits per heavy atom. The summed E-state index contributed by atoms with van der Waals surface area (Å²) in [5.74, 6) is 3.42. The number of furan rings is 1. The van der Waals surface area contributed by atoms with E-state index in [0.717, 1.165) is 77.5 Å². The fourth-order valence-corrected chi connectivity index (χ4v) is 11.7. The van der Waals surface area contributed by atoms with Crippen molar-refractivity contribution in [1.82, 2.24) is 18.9 Å². The minimum Gasteiger partial charge on any atom is -0.462 e. The molecule has 76 heavy (non-hydrogen) atoms. The summed E-state index contributed by atoms with van der Waals surface area (Å²) >= 11 is 0. The lowest BCUT2D eigenvalue weighted by Crippen LogP contribution is -2.09. The summed E-state index contributed by atoms with van der Waals surface area (Å²) in [5.41, 5.74) is 21.4. The number of benzene rings is 9. The molecular weight excluding hydrogens is 929 g/mol. The average Bonchev–Trinajstić information content (AvgIpc) is 4.34. The largest absolute Gasteiger partial charge is 0.462 e. The fraction of sp³-hybridized carbons (Fsp3) is 0.171. The number of fused-ring (bicyclic) bond motifs is 11. The predicted octanol–water partition coefficient (Wildman–Crippen LogP) is 19.8. The van der Waals surface area contributed by atoms with E-state index >= 15 is 0 Å². The molecule has 0 N–H and O–H groups in total. The molecular formula is C70H60N4O2. The van der Waals surface area contributed by atoms with Crippen LogP contribution in [0.5, 0.6) is 11.5 Å². The monoisotopic (exact) mass is 988 g/mol. The van der Waals surface area contributed by atoms with E-state index in [1.54, 1.807) is 6.26 Å². The lowest BCUT2D eigenvalue weighted by Gasteiger charge is -2.24. The van der Waals surface area contributed by atoms with Crippen LogP contribution in [-0.4, -0.2) is 18.9 Å². The molecule has 0 atom stereocenters. The molecule has 6 heteroatoms. The summed E-state index contributed by atoms with van der Waals surface area (Å²) in [4.78, 5) is 10.8. The number of hydrogen-bond acceptors (Lipinski definition) is 4. The summed E-state index contributed by atoms with van der Waals surface area (Å²) in [6.07, 6.45) is 1.76. The normalized spacial score (nSPS) is 12.2. The smallest absolute Gasteiger partial charge is 0.161 e. The number of para-hydroxylation sites is 2. The maximum atomic E-state index is 6.95. The lowest BCUT2D eigenvalue weighted by molar-refractivity contribution is 0.483. The van der Waals surface area contributed by atoms with Gasteiger partial charge < -0.3 is 9.15 Å². The Morgan fingerprint density at radius 3 is 1.70 bits per heavy atom.